The number of halogens is 1. The van der Waals surface area contributed by atoms with E-state index in [0.29, 0.717) is 41.5 Å². The molecule has 3 aromatic rings. The summed E-state index contributed by atoms with van der Waals surface area (Å²) in [4.78, 5) is 25.4. The molecule has 6 nitrogen and oxygen atoms in total. The van der Waals surface area contributed by atoms with Gasteiger partial charge < -0.3 is 20.1 Å². The monoisotopic (exact) mass is 468 g/mol. The number of amides is 2. The fourth-order valence-corrected chi connectivity index (χ4v) is 3.06. The number of carbonyl (C=O) groups is 2. The van der Waals surface area contributed by atoms with E-state index in [9.17, 15) is 9.59 Å². The van der Waals surface area contributed by atoms with E-state index in [0.717, 1.165) is 4.47 Å². The minimum atomic E-state index is -0.343. The lowest BCUT2D eigenvalue weighted by atomic mass is 10.1. The molecule has 0 radical (unpaired) electrons. The standard InChI is InChI=1S/C23H21BrN2O4/c1-29-12-13-30-21-11-10-17(24)15-20(21)23(28)26-19-9-5-6-16(14-19)22(27)25-18-7-3-2-4-8-18/h2-11,14-15H,12-13H2,1H3,(H,25,27)(H,26,28). The molecule has 0 aliphatic carbocycles. The van der Waals surface area contributed by atoms with E-state index in [2.05, 4.69) is 26.6 Å². The second-order valence-electron chi connectivity index (χ2n) is 6.34. The summed E-state index contributed by atoms with van der Waals surface area (Å²) in [6.07, 6.45) is 0. The maximum atomic E-state index is 12.8. The molecule has 30 heavy (non-hydrogen) atoms. The molecular weight excluding hydrogens is 448 g/mol. The molecular formula is C23H21BrN2O4. The first-order valence-corrected chi connectivity index (χ1v) is 10.1. The van der Waals surface area contributed by atoms with E-state index in [4.69, 9.17) is 9.47 Å². The maximum Gasteiger partial charge on any atom is 0.259 e. The summed E-state index contributed by atoms with van der Waals surface area (Å²) in [5, 5.41) is 5.65. The number of ether oxygens (including phenoxy) is 2. The quantitative estimate of drug-likeness (QED) is 0.457. The lowest BCUT2D eigenvalue weighted by Gasteiger charge is -2.13. The number of hydrogen-bond donors (Lipinski definition) is 2. The van der Waals surface area contributed by atoms with Gasteiger partial charge in [0.2, 0.25) is 0 Å². The number of hydrogen-bond acceptors (Lipinski definition) is 4. The van der Waals surface area contributed by atoms with Crippen LogP contribution in [0.5, 0.6) is 5.75 Å². The molecule has 0 aliphatic heterocycles. The highest BCUT2D eigenvalue weighted by atomic mass is 79.9. The predicted molar refractivity (Wildman–Crippen MR) is 120 cm³/mol. The average Bonchev–Trinajstić information content (AvgIpc) is 2.75. The van der Waals surface area contributed by atoms with Crippen molar-refractivity contribution in [2.75, 3.05) is 31.0 Å². The molecule has 0 aliphatic rings. The summed E-state index contributed by atoms with van der Waals surface area (Å²) < 4.78 is 11.4. The molecule has 0 unspecified atom stereocenters. The van der Waals surface area contributed by atoms with Gasteiger partial charge in [-0.3, -0.25) is 9.59 Å². The van der Waals surface area contributed by atoms with Crippen LogP contribution in [-0.2, 0) is 4.74 Å². The topological polar surface area (TPSA) is 76.7 Å². The van der Waals surface area contributed by atoms with Crippen LogP contribution in [-0.4, -0.2) is 32.1 Å². The zero-order valence-electron chi connectivity index (χ0n) is 16.4. The highest BCUT2D eigenvalue weighted by molar-refractivity contribution is 9.10. The van der Waals surface area contributed by atoms with Crippen molar-refractivity contribution in [3.05, 3.63) is 88.4 Å². The van der Waals surface area contributed by atoms with Crippen molar-refractivity contribution >= 4 is 39.1 Å². The first-order chi connectivity index (χ1) is 14.6. The number of benzene rings is 3. The molecule has 2 amide bonds. The Morgan fingerprint density at radius 1 is 0.833 bits per heavy atom. The van der Waals surface area contributed by atoms with Gasteiger partial charge >= 0.3 is 0 Å². The highest BCUT2D eigenvalue weighted by Gasteiger charge is 2.15. The van der Waals surface area contributed by atoms with Gasteiger partial charge in [0.15, 0.2) is 0 Å². The second kappa shape index (κ2) is 10.6. The molecule has 0 saturated carbocycles. The Kier molecular flexibility index (Phi) is 7.59. The van der Waals surface area contributed by atoms with Crippen LogP contribution in [0, 0.1) is 0 Å². The minimum absolute atomic E-state index is 0.261. The van der Waals surface area contributed by atoms with Crippen LogP contribution in [0.2, 0.25) is 0 Å². The zero-order chi connectivity index (χ0) is 21.3. The zero-order valence-corrected chi connectivity index (χ0v) is 17.9. The number of rotatable bonds is 8. The van der Waals surface area contributed by atoms with Crippen LogP contribution in [0.15, 0.2) is 77.3 Å². The van der Waals surface area contributed by atoms with Crippen molar-refractivity contribution in [3.8, 4) is 5.75 Å². The van der Waals surface area contributed by atoms with Gasteiger partial charge in [-0.15, -0.1) is 0 Å². The van der Waals surface area contributed by atoms with Gasteiger partial charge in [-0.1, -0.05) is 40.2 Å². The SMILES string of the molecule is COCCOc1ccc(Br)cc1C(=O)Nc1cccc(C(=O)Nc2ccccc2)c1. The number of anilines is 2. The molecule has 2 N–H and O–H groups in total. The van der Waals surface area contributed by atoms with E-state index >= 15 is 0 Å². The molecule has 0 saturated heterocycles. The smallest absolute Gasteiger partial charge is 0.259 e. The lowest BCUT2D eigenvalue weighted by molar-refractivity contribution is 0.101. The van der Waals surface area contributed by atoms with E-state index < -0.39 is 0 Å². The molecule has 0 bridgehead atoms. The highest BCUT2D eigenvalue weighted by Crippen LogP contribution is 2.25. The average molecular weight is 469 g/mol. The molecule has 154 valence electrons. The third-order valence-corrected chi connectivity index (χ3v) is 4.64. The second-order valence-corrected chi connectivity index (χ2v) is 7.25. The Bertz CT molecular complexity index is 1020. The normalized spacial score (nSPS) is 10.3. The summed E-state index contributed by atoms with van der Waals surface area (Å²) in [5.74, 6) is -0.154. The van der Waals surface area contributed by atoms with Crippen LogP contribution in [0.1, 0.15) is 20.7 Å². The van der Waals surface area contributed by atoms with Crippen LogP contribution in [0.4, 0.5) is 11.4 Å². The third kappa shape index (κ3) is 5.92. The molecule has 0 heterocycles. The van der Waals surface area contributed by atoms with Gasteiger partial charge in [0, 0.05) is 28.5 Å². The summed E-state index contributed by atoms with van der Waals surface area (Å²) in [7, 11) is 1.58. The van der Waals surface area contributed by atoms with Crippen LogP contribution in [0.3, 0.4) is 0 Å². The summed E-state index contributed by atoms with van der Waals surface area (Å²) in [6, 6.07) is 21.1. The molecule has 0 spiro atoms. The van der Waals surface area contributed by atoms with Gasteiger partial charge in [-0.25, -0.2) is 0 Å². The van der Waals surface area contributed by atoms with E-state index in [1.54, 1.807) is 49.6 Å². The molecule has 7 heteroatoms. The van der Waals surface area contributed by atoms with Gasteiger partial charge in [-0.05, 0) is 48.5 Å². The Labute approximate surface area is 183 Å². The van der Waals surface area contributed by atoms with Crippen LogP contribution < -0.4 is 15.4 Å². The largest absolute Gasteiger partial charge is 0.490 e. The molecule has 0 atom stereocenters. The van der Waals surface area contributed by atoms with Crippen molar-refractivity contribution < 1.29 is 19.1 Å². The maximum absolute atomic E-state index is 12.8. The van der Waals surface area contributed by atoms with Gasteiger partial charge in [0.1, 0.15) is 12.4 Å². The Hall–Kier alpha value is -3.16. The van der Waals surface area contributed by atoms with E-state index in [-0.39, 0.29) is 11.8 Å². The van der Waals surface area contributed by atoms with Crippen molar-refractivity contribution in [2.45, 2.75) is 0 Å². The third-order valence-electron chi connectivity index (χ3n) is 4.15. The van der Waals surface area contributed by atoms with Gasteiger partial charge in [0.05, 0.1) is 12.2 Å². The summed E-state index contributed by atoms with van der Waals surface area (Å²) in [5.41, 5.74) is 2.01. The Morgan fingerprint density at radius 3 is 2.33 bits per heavy atom. The number of para-hydroxylation sites is 1. The van der Waals surface area contributed by atoms with E-state index in [1.165, 1.54) is 0 Å². The van der Waals surface area contributed by atoms with Gasteiger partial charge in [0.25, 0.3) is 11.8 Å². The lowest BCUT2D eigenvalue weighted by Crippen LogP contribution is -2.16. The van der Waals surface area contributed by atoms with E-state index in [1.807, 2.05) is 30.3 Å². The predicted octanol–water partition coefficient (Wildman–Crippen LogP) is 4.98. The summed E-state index contributed by atoms with van der Waals surface area (Å²) in [6.45, 7) is 0.739. The minimum Gasteiger partial charge on any atom is -0.490 e. The van der Waals surface area contributed by atoms with Crippen LogP contribution >= 0.6 is 15.9 Å². The van der Waals surface area contributed by atoms with Crippen molar-refractivity contribution in [3.63, 3.8) is 0 Å². The van der Waals surface area contributed by atoms with Crippen molar-refractivity contribution in [2.24, 2.45) is 0 Å². The molecule has 3 aromatic carbocycles. The fraction of sp³-hybridized carbons (Fsp3) is 0.130. The first-order valence-electron chi connectivity index (χ1n) is 9.26. The Morgan fingerprint density at radius 2 is 1.57 bits per heavy atom. The van der Waals surface area contributed by atoms with Crippen LogP contribution in [0.25, 0.3) is 0 Å². The van der Waals surface area contributed by atoms with Crippen molar-refractivity contribution in [1.82, 2.24) is 0 Å². The number of methoxy groups -OCH3 is 1. The van der Waals surface area contributed by atoms with Gasteiger partial charge in [-0.2, -0.15) is 0 Å². The molecule has 0 fully saturated rings. The molecule has 3 rings (SSSR count). The molecule has 0 aromatic heterocycles. The summed E-state index contributed by atoms with van der Waals surface area (Å²) >= 11 is 3.38. The number of carbonyl (C=O) groups excluding carboxylic acids is 2. The number of nitrogens with one attached hydrogen (secondary N) is 2. The Balaban J connectivity index is 1.74. The fourth-order valence-electron chi connectivity index (χ4n) is 2.70. The van der Waals surface area contributed by atoms with Crippen molar-refractivity contribution in [1.29, 1.82) is 0 Å². The first kappa shape index (κ1) is 21.5.